The number of nitrogens with zero attached hydrogens (tertiary/aromatic N) is 3. The Bertz CT molecular complexity index is 547. The van der Waals surface area contributed by atoms with Gasteiger partial charge < -0.3 is 10.4 Å². The normalized spacial score (nSPS) is 16.4. The van der Waals surface area contributed by atoms with Gasteiger partial charge in [0.1, 0.15) is 12.4 Å². The number of aliphatic hydroxyl groups excluding tert-OH is 1. The Labute approximate surface area is 124 Å². The molecule has 7 nitrogen and oxygen atoms in total. The summed E-state index contributed by atoms with van der Waals surface area (Å²) in [4.78, 5) is 24.0. The van der Waals surface area contributed by atoms with E-state index in [1.54, 1.807) is 4.57 Å². The highest BCUT2D eigenvalue weighted by Gasteiger charge is 2.17. The molecule has 0 aliphatic carbocycles. The first kappa shape index (κ1) is 15.8. The maximum absolute atomic E-state index is 12.2. The minimum Gasteiger partial charge on any atom is -0.391 e. The maximum Gasteiger partial charge on any atom is 0.346 e. The van der Waals surface area contributed by atoms with Crippen LogP contribution in [-0.2, 0) is 24.3 Å². The number of aromatic nitrogens is 3. The van der Waals surface area contributed by atoms with Gasteiger partial charge in [-0.25, -0.2) is 9.48 Å². The molecule has 1 unspecified atom stereocenters. The van der Waals surface area contributed by atoms with Gasteiger partial charge >= 0.3 is 5.69 Å². The predicted molar refractivity (Wildman–Crippen MR) is 77.9 cm³/mol. The highest BCUT2D eigenvalue weighted by Crippen LogP contribution is 2.10. The van der Waals surface area contributed by atoms with E-state index in [0.717, 1.165) is 31.5 Å². The number of amides is 1. The average Bonchev–Trinajstić information content (AvgIpc) is 2.64. The van der Waals surface area contributed by atoms with E-state index in [2.05, 4.69) is 10.4 Å². The predicted octanol–water partition coefficient (Wildman–Crippen LogP) is -0.0957. The first-order valence-corrected chi connectivity index (χ1v) is 7.60. The molecule has 2 rings (SSSR count). The summed E-state index contributed by atoms with van der Waals surface area (Å²) in [6.07, 6.45) is 3.32. The standard InChI is InChI=1S/C14H24N4O3/c1-10(2)11(19)8-15-13(20)9-18-14(21)17-7-5-3-4-6-12(17)16-18/h10-11,19H,3-9H2,1-2H3,(H,15,20). The zero-order valence-electron chi connectivity index (χ0n) is 12.7. The van der Waals surface area contributed by atoms with E-state index >= 15 is 0 Å². The van der Waals surface area contributed by atoms with Crippen LogP contribution in [0.15, 0.2) is 4.79 Å². The lowest BCUT2D eigenvalue weighted by Crippen LogP contribution is -2.38. The molecular formula is C14H24N4O3. The van der Waals surface area contributed by atoms with Crippen LogP contribution < -0.4 is 11.0 Å². The van der Waals surface area contributed by atoms with Crippen molar-refractivity contribution in [2.45, 2.75) is 58.7 Å². The highest BCUT2D eigenvalue weighted by atomic mass is 16.3. The fourth-order valence-electron chi connectivity index (χ4n) is 2.37. The summed E-state index contributed by atoms with van der Waals surface area (Å²) in [5.41, 5.74) is -0.216. The smallest absolute Gasteiger partial charge is 0.346 e. The van der Waals surface area contributed by atoms with Gasteiger partial charge in [-0.1, -0.05) is 20.3 Å². The van der Waals surface area contributed by atoms with Crippen molar-refractivity contribution in [2.24, 2.45) is 5.92 Å². The molecule has 0 fully saturated rings. The second kappa shape index (κ2) is 6.89. The van der Waals surface area contributed by atoms with Crippen LogP contribution in [0.1, 0.15) is 38.9 Å². The van der Waals surface area contributed by atoms with Gasteiger partial charge in [0.25, 0.3) is 0 Å². The molecule has 118 valence electrons. The third-order valence-corrected chi connectivity index (χ3v) is 3.85. The van der Waals surface area contributed by atoms with Gasteiger partial charge in [-0.05, 0) is 18.8 Å². The summed E-state index contributed by atoms with van der Waals surface area (Å²) in [5.74, 6) is 0.550. The topological polar surface area (TPSA) is 89.2 Å². The number of aliphatic hydroxyl groups is 1. The first-order chi connectivity index (χ1) is 9.99. The Balaban J connectivity index is 1.97. The summed E-state index contributed by atoms with van der Waals surface area (Å²) in [5, 5.41) is 16.5. The second-order valence-electron chi connectivity index (χ2n) is 5.93. The summed E-state index contributed by atoms with van der Waals surface area (Å²) < 4.78 is 2.89. The molecule has 0 saturated heterocycles. The van der Waals surface area contributed by atoms with Crippen molar-refractivity contribution >= 4 is 5.91 Å². The fourth-order valence-corrected chi connectivity index (χ4v) is 2.37. The summed E-state index contributed by atoms with van der Waals surface area (Å²) in [6, 6.07) is 0. The van der Waals surface area contributed by atoms with Gasteiger partial charge in [0.2, 0.25) is 5.91 Å². The van der Waals surface area contributed by atoms with E-state index in [-0.39, 0.29) is 30.6 Å². The lowest BCUT2D eigenvalue weighted by Gasteiger charge is -2.14. The number of rotatable bonds is 5. The molecule has 0 spiro atoms. The van der Waals surface area contributed by atoms with Crippen LogP contribution in [0.25, 0.3) is 0 Å². The Hall–Kier alpha value is -1.63. The molecule has 0 aromatic carbocycles. The van der Waals surface area contributed by atoms with Gasteiger partial charge in [-0.2, -0.15) is 5.10 Å². The molecule has 1 aromatic heterocycles. The van der Waals surface area contributed by atoms with Crippen molar-refractivity contribution in [3.05, 3.63) is 16.3 Å². The van der Waals surface area contributed by atoms with E-state index in [4.69, 9.17) is 0 Å². The number of nitrogens with one attached hydrogen (secondary N) is 1. The molecule has 1 aliphatic rings. The van der Waals surface area contributed by atoms with Crippen LogP contribution >= 0.6 is 0 Å². The number of fused-ring (bicyclic) bond motifs is 1. The third-order valence-electron chi connectivity index (χ3n) is 3.85. The minimum atomic E-state index is -0.579. The quantitative estimate of drug-likeness (QED) is 0.794. The highest BCUT2D eigenvalue weighted by molar-refractivity contribution is 5.75. The monoisotopic (exact) mass is 296 g/mol. The van der Waals surface area contributed by atoms with Crippen LogP contribution in [-0.4, -0.2) is 38.0 Å². The third kappa shape index (κ3) is 3.93. The van der Waals surface area contributed by atoms with Gasteiger partial charge in [-0.3, -0.25) is 9.36 Å². The average molecular weight is 296 g/mol. The Kier molecular flexibility index (Phi) is 5.17. The lowest BCUT2D eigenvalue weighted by atomic mass is 10.1. The number of carbonyl (C=O) groups is 1. The molecule has 2 N–H and O–H groups in total. The molecule has 1 amide bonds. The number of hydrogen-bond donors (Lipinski definition) is 2. The summed E-state index contributed by atoms with van der Waals surface area (Å²) in [7, 11) is 0. The lowest BCUT2D eigenvalue weighted by molar-refractivity contribution is -0.122. The Morgan fingerprint density at radius 3 is 2.86 bits per heavy atom. The van der Waals surface area contributed by atoms with E-state index < -0.39 is 6.10 Å². The number of carbonyl (C=O) groups excluding carboxylic acids is 1. The zero-order valence-corrected chi connectivity index (χ0v) is 12.7. The first-order valence-electron chi connectivity index (χ1n) is 7.60. The van der Waals surface area contributed by atoms with Crippen LogP contribution in [0, 0.1) is 5.92 Å². The molecule has 21 heavy (non-hydrogen) atoms. The SMILES string of the molecule is CC(C)C(O)CNC(=O)Cn1nc2n(c1=O)CCCCC2. The molecule has 0 saturated carbocycles. The van der Waals surface area contributed by atoms with Crippen molar-refractivity contribution in [2.75, 3.05) is 6.54 Å². The molecule has 0 radical (unpaired) electrons. The molecular weight excluding hydrogens is 272 g/mol. The molecule has 1 aliphatic heterocycles. The summed E-state index contributed by atoms with van der Waals surface area (Å²) in [6.45, 7) is 4.55. The minimum absolute atomic E-state index is 0.0803. The molecule has 0 bridgehead atoms. The van der Waals surface area contributed by atoms with Crippen molar-refractivity contribution in [3.8, 4) is 0 Å². The van der Waals surface area contributed by atoms with Gasteiger partial charge in [-0.15, -0.1) is 0 Å². The van der Waals surface area contributed by atoms with Gasteiger partial charge in [0, 0.05) is 19.5 Å². The van der Waals surface area contributed by atoms with E-state index in [1.807, 2.05) is 13.8 Å². The zero-order chi connectivity index (χ0) is 15.4. The Morgan fingerprint density at radius 2 is 2.14 bits per heavy atom. The van der Waals surface area contributed by atoms with Gasteiger partial charge in [0.15, 0.2) is 0 Å². The maximum atomic E-state index is 12.2. The van der Waals surface area contributed by atoms with Gasteiger partial charge in [0.05, 0.1) is 6.10 Å². The van der Waals surface area contributed by atoms with Crippen molar-refractivity contribution in [1.82, 2.24) is 19.7 Å². The fraction of sp³-hybridized carbons (Fsp3) is 0.786. The molecule has 2 heterocycles. The number of hydrogen-bond acceptors (Lipinski definition) is 4. The van der Waals surface area contributed by atoms with E-state index in [0.29, 0.717) is 6.54 Å². The second-order valence-corrected chi connectivity index (χ2v) is 5.93. The molecule has 1 aromatic rings. The van der Waals surface area contributed by atoms with Crippen molar-refractivity contribution in [1.29, 1.82) is 0 Å². The summed E-state index contributed by atoms with van der Waals surface area (Å²) >= 11 is 0. The van der Waals surface area contributed by atoms with E-state index in [1.165, 1.54) is 4.68 Å². The van der Waals surface area contributed by atoms with Crippen molar-refractivity contribution in [3.63, 3.8) is 0 Å². The van der Waals surface area contributed by atoms with Crippen molar-refractivity contribution < 1.29 is 9.90 Å². The molecule has 1 atom stereocenters. The largest absolute Gasteiger partial charge is 0.391 e. The van der Waals surface area contributed by atoms with Crippen LogP contribution in [0.5, 0.6) is 0 Å². The molecule has 7 heteroatoms. The van der Waals surface area contributed by atoms with Crippen LogP contribution in [0.4, 0.5) is 0 Å². The van der Waals surface area contributed by atoms with E-state index in [9.17, 15) is 14.7 Å². The Morgan fingerprint density at radius 1 is 1.38 bits per heavy atom. The number of aryl methyl sites for hydroxylation is 1. The van der Waals surface area contributed by atoms with Crippen LogP contribution in [0.3, 0.4) is 0 Å². The van der Waals surface area contributed by atoms with Crippen LogP contribution in [0.2, 0.25) is 0 Å².